The number of ether oxygens (including phenoxy) is 1. The van der Waals surface area contributed by atoms with Crippen LogP contribution in [-0.2, 0) is 13.7 Å². The maximum Gasteiger partial charge on any atom is 0.132 e. The van der Waals surface area contributed by atoms with E-state index < -0.39 is 11.9 Å². The summed E-state index contributed by atoms with van der Waals surface area (Å²) < 4.78 is 20.3. The summed E-state index contributed by atoms with van der Waals surface area (Å²) in [6.07, 6.45) is 1.04. The lowest BCUT2D eigenvalue weighted by Gasteiger charge is -2.12. The number of nitrogens with zero attached hydrogens (tertiary/aromatic N) is 2. The third-order valence-corrected chi connectivity index (χ3v) is 2.57. The van der Waals surface area contributed by atoms with Crippen molar-refractivity contribution in [3.63, 3.8) is 0 Å². The Labute approximate surface area is 105 Å². The number of benzene rings is 1. The molecule has 1 heterocycles. The standard InChI is InChI=1S/C13H15FN2O2/c1-9(17)12-7-10(14)3-4-13(12)18-8-11-5-6-16(2)15-11/h3-7,9,17H,8H2,1-2H3/t9-/m1/s1. The quantitative estimate of drug-likeness (QED) is 0.904. The molecule has 2 rings (SSSR count). The van der Waals surface area contributed by atoms with Crippen LogP contribution >= 0.6 is 0 Å². The molecule has 0 spiro atoms. The summed E-state index contributed by atoms with van der Waals surface area (Å²) in [5.74, 6) is 0.0770. The smallest absolute Gasteiger partial charge is 0.132 e. The van der Waals surface area contributed by atoms with Crippen LogP contribution in [-0.4, -0.2) is 14.9 Å². The molecule has 0 saturated carbocycles. The van der Waals surface area contributed by atoms with E-state index >= 15 is 0 Å². The van der Waals surface area contributed by atoms with Crippen LogP contribution in [0.1, 0.15) is 24.3 Å². The number of hydrogen-bond donors (Lipinski definition) is 1. The van der Waals surface area contributed by atoms with Crippen LogP contribution < -0.4 is 4.74 Å². The number of aliphatic hydroxyl groups excluding tert-OH is 1. The highest BCUT2D eigenvalue weighted by atomic mass is 19.1. The van der Waals surface area contributed by atoms with Crippen molar-refractivity contribution in [2.45, 2.75) is 19.6 Å². The van der Waals surface area contributed by atoms with Gasteiger partial charge in [-0.1, -0.05) is 0 Å². The van der Waals surface area contributed by atoms with Crippen molar-refractivity contribution < 1.29 is 14.2 Å². The van der Waals surface area contributed by atoms with E-state index in [4.69, 9.17) is 4.74 Å². The highest BCUT2D eigenvalue weighted by Gasteiger charge is 2.11. The van der Waals surface area contributed by atoms with Crippen LogP contribution in [0, 0.1) is 5.82 Å². The Bertz CT molecular complexity index is 538. The predicted molar refractivity (Wildman–Crippen MR) is 64.6 cm³/mol. The van der Waals surface area contributed by atoms with Gasteiger partial charge in [-0.25, -0.2) is 4.39 Å². The highest BCUT2D eigenvalue weighted by molar-refractivity contribution is 5.35. The number of halogens is 1. The first kappa shape index (κ1) is 12.6. The first-order chi connectivity index (χ1) is 8.56. The van der Waals surface area contributed by atoms with E-state index in [2.05, 4.69) is 5.10 Å². The van der Waals surface area contributed by atoms with E-state index in [0.717, 1.165) is 5.69 Å². The molecule has 4 nitrogen and oxygen atoms in total. The molecule has 0 amide bonds. The third kappa shape index (κ3) is 2.87. The van der Waals surface area contributed by atoms with Crippen molar-refractivity contribution in [1.29, 1.82) is 0 Å². The third-order valence-electron chi connectivity index (χ3n) is 2.57. The highest BCUT2D eigenvalue weighted by Crippen LogP contribution is 2.26. The van der Waals surface area contributed by atoms with Crippen molar-refractivity contribution >= 4 is 0 Å². The lowest BCUT2D eigenvalue weighted by molar-refractivity contribution is 0.189. The van der Waals surface area contributed by atoms with E-state index in [-0.39, 0.29) is 6.61 Å². The number of hydrogen-bond acceptors (Lipinski definition) is 3. The van der Waals surface area contributed by atoms with Gasteiger partial charge in [-0.3, -0.25) is 4.68 Å². The average Bonchev–Trinajstić information content (AvgIpc) is 2.73. The Balaban J connectivity index is 2.13. The van der Waals surface area contributed by atoms with Crippen molar-refractivity contribution in [2.24, 2.45) is 7.05 Å². The van der Waals surface area contributed by atoms with Crippen LogP contribution in [0.25, 0.3) is 0 Å². The minimum Gasteiger partial charge on any atom is -0.487 e. The average molecular weight is 250 g/mol. The number of aliphatic hydroxyl groups is 1. The molecule has 0 radical (unpaired) electrons. The fourth-order valence-electron chi connectivity index (χ4n) is 1.67. The van der Waals surface area contributed by atoms with Gasteiger partial charge in [0.2, 0.25) is 0 Å². The van der Waals surface area contributed by atoms with Crippen molar-refractivity contribution in [1.82, 2.24) is 9.78 Å². The van der Waals surface area contributed by atoms with Gasteiger partial charge in [-0.2, -0.15) is 5.10 Å². The molecule has 1 aromatic heterocycles. The van der Waals surface area contributed by atoms with Gasteiger partial charge in [-0.05, 0) is 31.2 Å². The zero-order chi connectivity index (χ0) is 13.1. The molecule has 1 N–H and O–H groups in total. The lowest BCUT2D eigenvalue weighted by atomic mass is 10.1. The fraction of sp³-hybridized carbons (Fsp3) is 0.308. The fourth-order valence-corrected chi connectivity index (χ4v) is 1.67. The minimum absolute atomic E-state index is 0.284. The first-order valence-corrected chi connectivity index (χ1v) is 5.65. The van der Waals surface area contributed by atoms with Gasteiger partial charge in [0, 0.05) is 18.8 Å². The van der Waals surface area contributed by atoms with Gasteiger partial charge >= 0.3 is 0 Å². The summed E-state index contributed by atoms with van der Waals surface area (Å²) in [5, 5.41) is 13.7. The molecular formula is C13H15FN2O2. The largest absolute Gasteiger partial charge is 0.487 e. The van der Waals surface area contributed by atoms with E-state index in [1.54, 1.807) is 11.6 Å². The zero-order valence-electron chi connectivity index (χ0n) is 10.3. The maximum atomic E-state index is 13.1. The molecule has 96 valence electrons. The van der Waals surface area contributed by atoms with Crippen molar-refractivity contribution in [3.05, 3.63) is 47.5 Å². The zero-order valence-corrected chi connectivity index (χ0v) is 10.3. The summed E-state index contributed by atoms with van der Waals surface area (Å²) in [6, 6.07) is 5.93. The van der Waals surface area contributed by atoms with Crippen molar-refractivity contribution in [2.75, 3.05) is 0 Å². The number of aryl methyl sites for hydroxylation is 1. The Hall–Kier alpha value is -1.88. The van der Waals surface area contributed by atoms with E-state index in [1.165, 1.54) is 18.2 Å². The van der Waals surface area contributed by atoms with Crippen molar-refractivity contribution in [3.8, 4) is 5.75 Å². The Morgan fingerprint density at radius 2 is 2.22 bits per heavy atom. The van der Waals surface area contributed by atoms with Gasteiger partial charge in [0.1, 0.15) is 18.2 Å². The molecule has 1 aromatic carbocycles. The SMILES string of the molecule is C[C@@H](O)c1cc(F)ccc1OCc1ccn(C)n1. The number of aromatic nitrogens is 2. The second kappa shape index (κ2) is 5.18. The number of rotatable bonds is 4. The monoisotopic (exact) mass is 250 g/mol. The normalized spacial score (nSPS) is 12.4. The van der Waals surface area contributed by atoms with Crippen LogP contribution in [0.5, 0.6) is 5.75 Å². The summed E-state index contributed by atoms with van der Waals surface area (Å²) in [6.45, 7) is 1.86. The predicted octanol–water partition coefficient (Wildman–Crippen LogP) is 2.19. The Morgan fingerprint density at radius 1 is 1.44 bits per heavy atom. The van der Waals surface area contributed by atoms with Gasteiger partial charge in [0.05, 0.1) is 11.8 Å². The molecular weight excluding hydrogens is 235 g/mol. The topological polar surface area (TPSA) is 47.3 Å². The molecule has 0 unspecified atom stereocenters. The Morgan fingerprint density at radius 3 is 2.83 bits per heavy atom. The second-order valence-electron chi connectivity index (χ2n) is 4.13. The van der Waals surface area contributed by atoms with Gasteiger partial charge in [0.15, 0.2) is 0 Å². The van der Waals surface area contributed by atoms with Gasteiger partial charge < -0.3 is 9.84 Å². The Kier molecular flexibility index (Phi) is 3.62. The summed E-state index contributed by atoms with van der Waals surface area (Å²) in [4.78, 5) is 0. The van der Waals surface area contributed by atoms with Crippen LogP contribution in [0.2, 0.25) is 0 Å². The molecule has 0 saturated heterocycles. The van der Waals surface area contributed by atoms with Crippen LogP contribution in [0.4, 0.5) is 4.39 Å². The maximum absolute atomic E-state index is 13.1. The summed E-state index contributed by atoms with van der Waals surface area (Å²) >= 11 is 0. The molecule has 1 atom stereocenters. The molecule has 0 fully saturated rings. The second-order valence-corrected chi connectivity index (χ2v) is 4.13. The van der Waals surface area contributed by atoms with E-state index in [1.807, 2.05) is 19.3 Å². The molecule has 0 aliphatic carbocycles. The lowest BCUT2D eigenvalue weighted by Crippen LogP contribution is -2.02. The molecule has 0 aliphatic heterocycles. The molecule has 5 heteroatoms. The summed E-state index contributed by atoms with van der Waals surface area (Å²) in [5.41, 5.74) is 1.21. The first-order valence-electron chi connectivity index (χ1n) is 5.65. The molecule has 0 aliphatic rings. The molecule has 2 aromatic rings. The summed E-state index contributed by atoms with van der Waals surface area (Å²) in [7, 11) is 1.82. The minimum atomic E-state index is -0.778. The molecule has 0 bridgehead atoms. The van der Waals surface area contributed by atoms with Gasteiger partial charge in [-0.15, -0.1) is 0 Å². The molecule has 18 heavy (non-hydrogen) atoms. The van der Waals surface area contributed by atoms with Crippen LogP contribution in [0.15, 0.2) is 30.5 Å². The van der Waals surface area contributed by atoms with E-state index in [9.17, 15) is 9.50 Å². The van der Waals surface area contributed by atoms with Gasteiger partial charge in [0.25, 0.3) is 0 Å². The van der Waals surface area contributed by atoms with Crippen LogP contribution in [0.3, 0.4) is 0 Å². The van der Waals surface area contributed by atoms with E-state index in [0.29, 0.717) is 11.3 Å².